The number of fused-ring (bicyclic) bond motifs is 1. The standard InChI is InChI=1S/C17H21ClN2O4/c1-2-23-17(22)20-7-5-19(6-8-20)16(21)13-9-12-10-14(18)3-4-15(12)24-11-13/h3-4,10,13H,2,5-9,11H2,1H3. The minimum atomic E-state index is -0.311. The third kappa shape index (κ3) is 3.59. The van der Waals surface area contributed by atoms with E-state index in [9.17, 15) is 9.59 Å². The average molecular weight is 353 g/mol. The van der Waals surface area contributed by atoms with Crippen LogP contribution in [0.2, 0.25) is 5.02 Å². The third-order valence-corrected chi connectivity index (χ3v) is 4.63. The summed E-state index contributed by atoms with van der Waals surface area (Å²) in [5, 5.41) is 0.647. The summed E-state index contributed by atoms with van der Waals surface area (Å²) in [6.45, 7) is 4.57. The average Bonchev–Trinajstić information content (AvgIpc) is 2.60. The lowest BCUT2D eigenvalue weighted by Gasteiger charge is -2.36. The van der Waals surface area contributed by atoms with Crippen LogP contribution in [0.3, 0.4) is 0 Å². The fourth-order valence-corrected chi connectivity index (χ4v) is 3.30. The zero-order chi connectivity index (χ0) is 17.1. The Labute approximate surface area is 146 Å². The fourth-order valence-electron chi connectivity index (χ4n) is 3.10. The highest BCUT2D eigenvalue weighted by Crippen LogP contribution is 2.30. The highest BCUT2D eigenvalue weighted by atomic mass is 35.5. The largest absolute Gasteiger partial charge is 0.492 e. The van der Waals surface area contributed by atoms with Crippen LogP contribution in [0.15, 0.2) is 18.2 Å². The molecule has 0 saturated carbocycles. The van der Waals surface area contributed by atoms with Crippen LogP contribution in [-0.4, -0.2) is 61.2 Å². The second-order valence-corrected chi connectivity index (χ2v) is 6.41. The van der Waals surface area contributed by atoms with Gasteiger partial charge < -0.3 is 19.3 Å². The monoisotopic (exact) mass is 352 g/mol. The topological polar surface area (TPSA) is 59.1 Å². The first-order valence-corrected chi connectivity index (χ1v) is 8.58. The molecule has 6 nitrogen and oxygen atoms in total. The zero-order valence-electron chi connectivity index (χ0n) is 13.7. The van der Waals surface area contributed by atoms with E-state index in [1.807, 2.05) is 12.1 Å². The van der Waals surface area contributed by atoms with E-state index in [1.165, 1.54) is 0 Å². The molecule has 3 rings (SSSR count). The number of rotatable bonds is 2. The van der Waals surface area contributed by atoms with Gasteiger partial charge in [0, 0.05) is 31.2 Å². The van der Waals surface area contributed by atoms with Crippen molar-refractivity contribution in [3.05, 3.63) is 28.8 Å². The molecule has 2 aliphatic heterocycles. The lowest BCUT2D eigenvalue weighted by atomic mass is 9.95. The van der Waals surface area contributed by atoms with E-state index in [0.717, 1.165) is 11.3 Å². The third-order valence-electron chi connectivity index (χ3n) is 4.40. The quantitative estimate of drug-likeness (QED) is 0.818. The van der Waals surface area contributed by atoms with E-state index in [2.05, 4.69) is 0 Å². The number of carbonyl (C=O) groups is 2. The summed E-state index contributed by atoms with van der Waals surface area (Å²) < 4.78 is 10.7. The van der Waals surface area contributed by atoms with Gasteiger partial charge in [-0.2, -0.15) is 0 Å². The molecule has 1 atom stereocenters. The Morgan fingerprint density at radius 3 is 2.67 bits per heavy atom. The first kappa shape index (κ1) is 16.9. The van der Waals surface area contributed by atoms with Crippen molar-refractivity contribution in [2.24, 2.45) is 5.92 Å². The maximum atomic E-state index is 12.7. The van der Waals surface area contributed by atoms with E-state index in [-0.39, 0.29) is 17.9 Å². The van der Waals surface area contributed by atoms with Gasteiger partial charge in [-0.25, -0.2) is 4.79 Å². The summed E-state index contributed by atoms with van der Waals surface area (Å²) in [5.74, 6) is 0.671. The normalized spacial score (nSPS) is 20.2. The number of hydrogen-bond donors (Lipinski definition) is 0. The second-order valence-electron chi connectivity index (χ2n) is 5.98. The van der Waals surface area contributed by atoms with Crippen molar-refractivity contribution in [3.8, 4) is 5.75 Å². The molecule has 130 valence electrons. The molecule has 0 aliphatic carbocycles. The second kappa shape index (κ2) is 7.30. The molecular formula is C17H21ClN2O4. The maximum absolute atomic E-state index is 12.7. The molecule has 0 bridgehead atoms. The van der Waals surface area contributed by atoms with Crippen LogP contribution >= 0.6 is 11.6 Å². The smallest absolute Gasteiger partial charge is 0.409 e. The first-order chi connectivity index (χ1) is 11.6. The zero-order valence-corrected chi connectivity index (χ0v) is 14.4. The number of halogens is 1. The van der Waals surface area contributed by atoms with E-state index in [4.69, 9.17) is 21.1 Å². The number of ether oxygens (including phenoxy) is 2. The lowest BCUT2D eigenvalue weighted by Crippen LogP contribution is -2.53. The van der Waals surface area contributed by atoms with Crippen molar-refractivity contribution in [1.29, 1.82) is 0 Å². The van der Waals surface area contributed by atoms with E-state index in [0.29, 0.717) is 50.8 Å². The van der Waals surface area contributed by atoms with Crippen molar-refractivity contribution in [2.75, 3.05) is 39.4 Å². The number of carbonyl (C=O) groups excluding carboxylic acids is 2. The Morgan fingerprint density at radius 1 is 1.25 bits per heavy atom. The molecule has 24 heavy (non-hydrogen) atoms. The summed E-state index contributed by atoms with van der Waals surface area (Å²) in [6.07, 6.45) is 0.321. The Morgan fingerprint density at radius 2 is 1.96 bits per heavy atom. The summed E-state index contributed by atoms with van der Waals surface area (Å²) >= 11 is 6.02. The summed E-state index contributed by atoms with van der Waals surface area (Å²) in [7, 11) is 0. The van der Waals surface area contributed by atoms with Gasteiger partial charge in [-0.1, -0.05) is 11.6 Å². The van der Waals surface area contributed by atoms with Crippen LogP contribution < -0.4 is 4.74 Å². The molecule has 0 spiro atoms. The molecular weight excluding hydrogens is 332 g/mol. The van der Waals surface area contributed by atoms with Crippen LogP contribution in [0.5, 0.6) is 5.75 Å². The number of hydrogen-bond acceptors (Lipinski definition) is 4. The molecule has 0 radical (unpaired) electrons. The highest BCUT2D eigenvalue weighted by molar-refractivity contribution is 6.30. The Hall–Kier alpha value is -1.95. The molecule has 1 aromatic rings. The molecule has 1 aromatic carbocycles. The molecule has 1 fully saturated rings. The highest BCUT2D eigenvalue weighted by Gasteiger charge is 2.32. The van der Waals surface area contributed by atoms with Gasteiger partial charge in [0.1, 0.15) is 12.4 Å². The van der Waals surface area contributed by atoms with Crippen molar-refractivity contribution in [3.63, 3.8) is 0 Å². The minimum Gasteiger partial charge on any atom is -0.492 e. The fraction of sp³-hybridized carbons (Fsp3) is 0.529. The van der Waals surface area contributed by atoms with Gasteiger partial charge >= 0.3 is 6.09 Å². The van der Waals surface area contributed by atoms with E-state index < -0.39 is 0 Å². The van der Waals surface area contributed by atoms with Gasteiger partial charge in [-0.05, 0) is 37.1 Å². The molecule has 2 aliphatic rings. The first-order valence-electron chi connectivity index (χ1n) is 8.20. The van der Waals surface area contributed by atoms with Crippen molar-refractivity contribution < 1.29 is 19.1 Å². The van der Waals surface area contributed by atoms with Crippen LogP contribution in [0.4, 0.5) is 4.79 Å². The Balaban J connectivity index is 1.57. The van der Waals surface area contributed by atoms with Crippen LogP contribution in [-0.2, 0) is 16.0 Å². The number of nitrogens with zero attached hydrogens (tertiary/aromatic N) is 2. The molecule has 0 aromatic heterocycles. The molecule has 1 unspecified atom stereocenters. The molecule has 1 saturated heterocycles. The van der Waals surface area contributed by atoms with Crippen molar-refractivity contribution >= 4 is 23.6 Å². The molecule has 2 heterocycles. The van der Waals surface area contributed by atoms with E-state index >= 15 is 0 Å². The summed E-state index contributed by atoms with van der Waals surface area (Å²) in [5.41, 5.74) is 0.970. The van der Waals surface area contributed by atoms with Crippen LogP contribution in [0.25, 0.3) is 0 Å². The minimum absolute atomic E-state index is 0.0733. The van der Waals surface area contributed by atoms with Gasteiger partial charge in [-0.3, -0.25) is 4.79 Å². The molecule has 0 N–H and O–H groups in total. The summed E-state index contributed by atoms with van der Waals surface area (Å²) in [4.78, 5) is 27.9. The maximum Gasteiger partial charge on any atom is 0.409 e. The Bertz CT molecular complexity index is 629. The van der Waals surface area contributed by atoms with E-state index in [1.54, 1.807) is 22.8 Å². The predicted molar refractivity (Wildman–Crippen MR) is 89.3 cm³/mol. The molecule has 2 amide bonds. The van der Waals surface area contributed by atoms with Gasteiger partial charge in [0.05, 0.1) is 12.5 Å². The van der Waals surface area contributed by atoms with Crippen LogP contribution in [0.1, 0.15) is 12.5 Å². The van der Waals surface area contributed by atoms with Crippen molar-refractivity contribution in [1.82, 2.24) is 9.80 Å². The lowest BCUT2D eigenvalue weighted by molar-refractivity contribution is -0.138. The van der Waals surface area contributed by atoms with Gasteiger partial charge in [0.25, 0.3) is 0 Å². The van der Waals surface area contributed by atoms with Crippen LogP contribution in [0, 0.1) is 5.92 Å². The number of benzene rings is 1. The van der Waals surface area contributed by atoms with Crippen molar-refractivity contribution in [2.45, 2.75) is 13.3 Å². The Kier molecular flexibility index (Phi) is 5.14. The predicted octanol–water partition coefficient (Wildman–Crippen LogP) is 2.19. The summed E-state index contributed by atoms with van der Waals surface area (Å²) in [6, 6.07) is 5.49. The van der Waals surface area contributed by atoms with Gasteiger partial charge in [-0.15, -0.1) is 0 Å². The number of amides is 2. The SMILES string of the molecule is CCOC(=O)N1CCN(C(=O)C2COc3ccc(Cl)cc3C2)CC1. The van der Waals surface area contributed by atoms with Gasteiger partial charge in [0.15, 0.2) is 0 Å². The molecule has 7 heteroatoms. The number of piperazine rings is 1. The van der Waals surface area contributed by atoms with Gasteiger partial charge in [0.2, 0.25) is 5.91 Å².